The highest BCUT2D eigenvalue weighted by Gasteiger charge is 2.40. The molecule has 0 amide bonds. The van der Waals surface area contributed by atoms with Crippen LogP contribution in [0.3, 0.4) is 0 Å². The molecule has 1 unspecified atom stereocenters. The zero-order chi connectivity index (χ0) is 11.8. The Morgan fingerprint density at radius 3 is 2.27 bits per heavy atom. The molecule has 1 aliphatic carbocycles. The second-order valence-electron chi connectivity index (χ2n) is 4.10. The van der Waals surface area contributed by atoms with Gasteiger partial charge in [-0.3, -0.25) is 4.79 Å². The summed E-state index contributed by atoms with van der Waals surface area (Å²) < 4.78 is 0. The van der Waals surface area contributed by atoms with Crippen molar-refractivity contribution in [2.45, 2.75) is 27.2 Å². The quantitative estimate of drug-likeness (QED) is 0.729. The smallest absolute Gasteiger partial charge is 0.331 e. The zero-order valence-corrected chi connectivity index (χ0v) is 9.00. The third-order valence-corrected chi connectivity index (χ3v) is 3.10. The van der Waals surface area contributed by atoms with E-state index in [4.69, 9.17) is 10.2 Å². The largest absolute Gasteiger partial charge is 0.481 e. The normalized spacial score (nSPS) is 26.2. The van der Waals surface area contributed by atoms with E-state index in [2.05, 4.69) is 0 Å². The SMILES string of the molecule is CC1=C(C)C(C)(C(=O)O)CC(C(=O)O)=C1. The highest BCUT2D eigenvalue weighted by Crippen LogP contribution is 2.40. The maximum absolute atomic E-state index is 11.1. The molecule has 4 heteroatoms. The molecule has 0 aromatic carbocycles. The van der Waals surface area contributed by atoms with Crippen LogP contribution in [0.5, 0.6) is 0 Å². The number of rotatable bonds is 2. The van der Waals surface area contributed by atoms with Gasteiger partial charge in [-0.05, 0) is 33.3 Å². The average molecular weight is 210 g/mol. The summed E-state index contributed by atoms with van der Waals surface area (Å²) in [6.07, 6.45) is 1.59. The Balaban J connectivity index is 3.26. The molecular weight excluding hydrogens is 196 g/mol. The van der Waals surface area contributed by atoms with Crippen molar-refractivity contribution in [1.82, 2.24) is 0 Å². The lowest BCUT2D eigenvalue weighted by molar-refractivity contribution is -0.146. The summed E-state index contributed by atoms with van der Waals surface area (Å²) in [5.41, 5.74) is 0.513. The van der Waals surface area contributed by atoms with E-state index in [-0.39, 0.29) is 12.0 Å². The van der Waals surface area contributed by atoms with Gasteiger partial charge in [-0.15, -0.1) is 0 Å². The standard InChI is InChI=1S/C11H14O4/c1-6-4-8(9(12)13)5-11(3,7(6)2)10(14)15/h4H,5H2,1-3H3,(H,12,13)(H,14,15). The Labute approximate surface area is 87.9 Å². The van der Waals surface area contributed by atoms with Crippen LogP contribution in [0.25, 0.3) is 0 Å². The van der Waals surface area contributed by atoms with Gasteiger partial charge in [0.15, 0.2) is 0 Å². The molecule has 0 saturated heterocycles. The highest BCUT2D eigenvalue weighted by atomic mass is 16.4. The minimum atomic E-state index is -1.09. The minimum Gasteiger partial charge on any atom is -0.481 e. The van der Waals surface area contributed by atoms with Crippen molar-refractivity contribution in [3.05, 3.63) is 22.8 Å². The molecule has 0 fully saturated rings. The summed E-state index contributed by atoms with van der Waals surface area (Å²) in [6, 6.07) is 0. The molecule has 1 atom stereocenters. The molecule has 1 rings (SSSR count). The van der Waals surface area contributed by atoms with E-state index in [1.165, 1.54) is 0 Å². The van der Waals surface area contributed by atoms with E-state index in [1.54, 1.807) is 26.8 Å². The summed E-state index contributed by atoms with van der Waals surface area (Å²) in [6.45, 7) is 5.03. The topological polar surface area (TPSA) is 74.6 Å². The molecule has 2 N–H and O–H groups in total. The van der Waals surface area contributed by atoms with Crippen LogP contribution in [0.15, 0.2) is 22.8 Å². The zero-order valence-electron chi connectivity index (χ0n) is 9.00. The second-order valence-corrected chi connectivity index (χ2v) is 4.10. The number of carboxylic acids is 2. The number of allylic oxidation sites excluding steroid dienone is 2. The Morgan fingerprint density at radius 1 is 1.33 bits per heavy atom. The van der Waals surface area contributed by atoms with E-state index in [0.29, 0.717) is 0 Å². The van der Waals surface area contributed by atoms with Crippen LogP contribution in [0.2, 0.25) is 0 Å². The van der Waals surface area contributed by atoms with Gasteiger partial charge >= 0.3 is 11.9 Å². The number of carbonyl (C=O) groups is 2. The third kappa shape index (κ3) is 1.79. The number of aliphatic carboxylic acids is 2. The van der Waals surface area contributed by atoms with Crippen LogP contribution in [0.4, 0.5) is 0 Å². The summed E-state index contributed by atoms with van der Waals surface area (Å²) in [5, 5.41) is 18.0. The number of hydrogen-bond acceptors (Lipinski definition) is 2. The predicted octanol–water partition coefficient (Wildman–Crippen LogP) is 1.83. The molecule has 1 aliphatic rings. The van der Waals surface area contributed by atoms with E-state index >= 15 is 0 Å². The van der Waals surface area contributed by atoms with Crippen molar-refractivity contribution >= 4 is 11.9 Å². The lowest BCUT2D eigenvalue weighted by Crippen LogP contribution is -2.33. The number of hydrogen-bond donors (Lipinski definition) is 2. The van der Waals surface area contributed by atoms with Crippen molar-refractivity contribution in [1.29, 1.82) is 0 Å². The van der Waals surface area contributed by atoms with Gasteiger partial charge in [0.05, 0.1) is 5.41 Å². The molecule has 0 spiro atoms. The van der Waals surface area contributed by atoms with Gasteiger partial charge in [0.1, 0.15) is 0 Å². The molecule has 0 aromatic rings. The predicted molar refractivity (Wildman–Crippen MR) is 54.5 cm³/mol. The molecule has 0 saturated carbocycles. The van der Waals surface area contributed by atoms with Crippen LogP contribution < -0.4 is 0 Å². The number of carboxylic acid groups (broad SMARTS) is 2. The van der Waals surface area contributed by atoms with Crippen LogP contribution in [-0.4, -0.2) is 22.2 Å². The first-order chi connectivity index (χ1) is 6.79. The van der Waals surface area contributed by atoms with Crippen molar-refractivity contribution in [2.24, 2.45) is 5.41 Å². The van der Waals surface area contributed by atoms with Gasteiger partial charge < -0.3 is 10.2 Å². The van der Waals surface area contributed by atoms with Crippen molar-refractivity contribution in [3.63, 3.8) is 0 Å². The Bertz CT molecular complexity index is 389. The first-order valence-corrected chi connectivity index (χ1v) is 4.64. The van der Waals surface area contributed by atoms with E-state index in [1.807, 2.05) is 0 Å². The molecule has 0 heterocycles. The van der Waals surface area contributed by atoms with E-state index < -0.39 is 17.4 Å². The van der Waals surface area contributed by atoms with E-state index in [9.17, 15) is 9.59 Å². The molecule has 82 valence electrons. The summed E-state index contributed by atoms with van der Waals surface area (Å²) in [5.74, 6) is -2.03. The van der Waals surface area contributed by atoms with Gasteiger partial charge in [-0.1, -0.05) is 11.1 Å². The fourth-order valence-electron chi connectivity index (χ4n) is 1.74. The van der Waals surface area contributed by atoms with Crippen molar-refractivity contribution in [3.8, 4) is 0 Å². The third-order valence-electron chi connectivity index (χ3n) is 3.10. The molecule has 0 bridgehead atoms. The lowest BCUT2D eigenvalue weighted by atomic mass is 9.72. The minimum absolute atomic E-state index is 0.0425. The summed E-state index contributed by atoms with van der Waals surface area (Å²) in [4.78, 5) is 22.0. The second kappa shape index (κ2) is 3.53. The van der Waals surface area contributed by atoms with Crippen LogP contribution in [-0.2, 0) is 9.59 Å². The van der Waals surface area contributed by atoms with Gasteiger partial charge in [0.2, 0.25) is 0 Å². The van der Waals surface area contributed by atoms with Gasteiger partial charge in [-0.2, -0.15) is 0 Å². The maximum Gasteiger partial charge on any atom is 0.331 e. The first kappa shape index (κ1) is 11.5. The lowest BCUT2D eigenvalue weighted by Gasteiger charge is -2.30. The molecule has 0 aromatic heterocycles. The summed E-state index contributed by atoms with van der Waals surface area (Å²) in [7, 11) is 0. The van der Waals surface area contributed by atoms with Crippen molar-refractivity contribution in [2.75, 3.05) is 0 Å². The molecular formula is C11H14O4. The van der Waals surface area contributed by atoms with Gasteiger partial charge in [-0.25, -0.2) is 4.79 Å². The van der Waals surface area contributed by atoms with Gasteiger partial charge in [0.25, 0.3) is 0 Å². The summed E-state index contributed by atoms with van der Waals surface area (Å²) >= 11 is 0. The first-order valence-electron chi connectivity index (χ1n) is 4.64. The van der Waals surface area contributed by atoms with Crippen LogP contribution >= 0.6 is 0 Å². The average Bonchev–Trinajstić information content (AvgIpc) is 2.12. The Kier molecular flexibility index (Phi) is 2.71. The van der Waals surface area contributed by atoms with Crippen LogP contribution in [0, 0.1) is 5.41 Å². The Hall–Kier alpha value is -1.58. The maximum atomic E-state index is 11.1. The Morgan fingerprint density at radius 2 is 1.87 bits per heavy atom. The fraction of sp³-hybridized carbons (Fsp3) is 0.455. The van der Waals surface area contributed by atoms with Crippen LogP contribution in [0.1, 0.15) is 27.2 Å². The molecule has 0 radical (unpaired) electrons. The molecule has 4 nitrogen and oxygen atoms in total. The highest BCUT2D eigenvalue weighted by molar-refractivity contribution is 5.91. The van der Waals surface area contributed by atoms with Gasteiger partial charge in [0, 0.05) is 5.57 Å². The van der Waals surface area contributed by atoms with E-state index in [0.717, 1.165) is 11.1 Å². The monoisotopic (exact) mass is 210 g/mol. The molecule has 0 aliphatic heterocycles. The van der Waals surface area contributed by atoms with Crippen molar-refractivity contribution < 1.29 is 19.8 Å². The fourth-order valence-corrected chi connectivity index (χ4v) is 1.74. The molecule has 15 heavy (non-hydrogen) atoms.